The number of halogens is 1. The molecule has 174 valence electrons. The summed E-state index contributed by atoms with van der Waals surface area (Å²) in [6.07, 6.45) is 7.72. The van der Waals surface area contributed by atoms with E-state index in [1.165, 1.54) is 43.2 Å². The standard InChI is InChI=1S/C28H39ClN2O/c1-28(2)20-31(16-15-27(28)23-9-11-24(29)12-10-23)19-25(30-18-22-5-3-4-6-22)17-21-7-13-26(32)14-8-21/h7-14,22,25,27,30,32H,3-6,15-20H2,1-2H3/t25-,27?/m1/s1. The Hall–Kier alpha value is -1.55. The average molecular weight is 455 g/mol. The molecule has 4 heteroatoms. The second-order valence-corrected chi connectivity index (χ2v) is 11.2. The second kappa shape index (κ2) is 10.6. The summed E-state index contributed by atoms with van der Waals surface area (Å²) in [6, 6.07) is 16.7. The molecule has 1 saturated heterocycles. The molecule has 2 N–H and O–H groups in total. The Kier molecular flexibility index (Phi) is 7.81. The molecule has 0 aromatic heterocycles. The van der Waals surface area contributed by atoms with Crippen molar-refractivity contribution in [3.63, 3.8) is 0 Å². The number of phenolic OH excluding ortho intramolecular Hbond substituents is 1. The van der Waals surface area contributed by atoms with Gasteiger partial charge in [0, 0.05) is 24.2 Å². The van der Waals surface area contributed by atoms with Crippen molar-refractivity contribution in [1.82, 2.24) is 10.2 Å². The van der Waals surface area contributed by atoms with Gasteiger partial charge in [0.1, 0.15) is 5.75 Å². The van der Waals surface area contributed by atoms with Crippen LogP contribution in [0.25, 0.3) is 0 Å². The van der Waals surface area contributed by atoms with E-state index in [1.54, 1.807) is 0 Å². The molecule has 1 aliphatic heterocycles. The minimum atomic E-state index is 0.223. The normalized spacial score (nSPS) is 22.8. The molecule has 1 heterocycles. The van der Waals surface area contributed by atoms with Crippen LogP contribution in [0.1, 0.15) is 63.0 Å². The van der Waals surface area contributed by atoms with Crippen molar-refractivity contribution in [2.45, 2.75) is 64.3 Å². The van der Waals surface area contributed by atoms with Gasteiger partial charge >= 0.3 is 0 Å². The Balaban J connectivity index is 1.40. The molecular weight excluding hydrogens is 416 g/mol. The van der Waals surface area contributed by atoms with Crippen molar-refractivity contribution in [3.05, 3.63) is 64.7 Å². The zero-order valence-corrected chi connectivity index (χ0v) is 20.5. The molecule has 2 fully saturated rings. The molecule has 0 amide bonds. The Morgan fingerprint density at radius 3 is 2.38 bits per heavy atom. The van der Waals surface area contributed by atoms with Gasteiger partial charge in [-0.05, 0) is 91.4 Å². The Labute approximate surface area is 199 Å². The van der Waals surface area contributed by atoms with Crippen molar-refractivity contribution in [1.29, 1.82) is 0 Å². The lowest BCUT2D eigenvalue weighted by Crippen LogP contribution is -2.50. The minimum absolute atomic E-state index is 0.223. The first-order valence-electron chi connectivity index (χ1n) is 12.4. The van der Waals surface area contributed by atoms with Crippen LogP contribution < -0.4 is 5.32 Å². The summed E-state index contributed by atoms with van der Waals surface area (Å²) in [5, 5.41) is 14.4. The molecular formula is C28H39ClN2O. The summed E-state index contributed by atoms with van der Waals surface area (Å²) >= 11 is 6.12. The summed E-state index contributed by atoms with van der Waals surface area (Å²) in [6.45, 7) is 9.28. The lowest BCUT2D eigenvalue weighted by Gasteiger charge is -2.45. The number of piperidine rings is 1. The van der Waals surface area contributed by atoms with Gasteiger partial charge in [-0.3, -0.25) is 0 Å². The smallest absolute Gasteiger partial charge is 0.115 e. The van der Waals surface area contributed by atoms with Gasteiger partial charge in [-0.2, -0.15) is 0 Å². The maximum atomic E-state index is 9.66. The summed E-state index contributed by atoms with van der Waals surface area (Å²) in [7, 11) is 0. The summed E-state index contributed by atoms with van der Waals surface area (Å²) < 4.78 is 0. The number of aromatic hydroxyl groups is 1. The van der Waals surface area contributed by atoms with Crippen molar-refractivity contribution < 1.29 is 5.11 Å². The van der Waals surface area contributed by atoms with Gasteiger partial charge in [-0.15, -0.1) is 0 Å². The summed E-state index contributed by atoms with van der Waals surface area (Å²) in [4.78, 5) is 2.67. The first-order valence-corrected chi connectivity index (χ1v) is 12.8. The van der Waals surface area contributed by atoms with Crippen LogP contribution in [-0.4, -0.2) is 42.2 Å². The first-order chi connectivity index (χ1) is 15.4. The molecule has 2 aromatic rings. The van der Waals surface area contributed by atoms with Crippen LogP contribution in [0.2, 0.25) is 5.02 Å². The number of likely N-dealkylation sites (tertiary alicyclic amines) is 1. The Bertz CT molecular complexity index is 843. The van der Waals surface area contributed by atoms with E-state index in [9.17, 15) is 5.11 Å². The number of phenols is 1. The van der Waals surface area contributed by atoms with Crippen LogP contribution in [0.15, 0.2) is 48.5 Å². The zero-order valence-electron chi connectivity index (χ0n) is 19.7. The summed E-state index contributed by atoms with van der Waals surface area (Å²) in [5.74, 6) is 1.75. The quantitative estimate of drug-likeness (QED) is 0.494. The van der Waals surface area contributed by atoms with Crippen LogP contribution in [0, 0.1) is 11.3 Å². The van der Waals surface area contributed by atoms with E-state index in [-0.39, 0.29) is 5.41 Å². The highest BCUT2D eigenvalue weighted by Crippen LogP contribution is 2.42. The molecule has 2 aromatic carbocycles. The number of benzene rings is 2. The van der Waals surface area contributed by atoms with Crippen molar-refractivity contribution in [2.24, 2.45) is 11.3 Å². The fourth-order valence-corrected chi connectivity index (χ4v) is 6.04. The monoisotopic (exact) mass is 454 g/mol. The lowest BCUT2D eigenvalue weighted by molar-refractivity contribution is 0.0841. The van der Waals surface area contributed by atoms with Crippen LogP contribution in [0.4, 0.5) is 0 Å². The van der Waals surface area contributed by atoms with Crippen LogP contribution >= 0.6 is 11.6 Å². The van der Waals surface area contributed by atoms with Crippen molar-refractivity contribution in [2.75, 3.05) is 26.2 Å². The molecule has 0 spiro atoms. The van der Waals surface area contributed by atoms with E-state index >= 15 is 0 Å². The van der Waals surface area contributed by atoms with Gasteiger partial charge in [0.2, 0.25) is 0 Å². The van der Waals surface area contributed by atoms with E-state index < -0.39 is 0 Å². The number of hydrogen-bond donors (Lipinski definition) is 2. The van der Waals surface area contributed by atoms with Crippen LogP contribution in [0.5, 0.6) is 5.75 Å². The van der Waals surface area contributed by atoms with E-state index in [4.69, 9.17) is 11.6 Å². The summed E-state index contributed by atoms with van der Waals surface area (Å²) in [5.41, 5.74) is 2.93. The van der Waals surface area contributed by atoms with Gasteiger partial charge in [-0.25, -0.2) is 0 Å². The topological polar surface area (TPSA) is 35.5 Å². The van der Waals surface area contributed by atoms with Crippen LogP contribution in [-0.2, 0) is 6.42 Å². The van der Waals surface area contributed by atoms with Crippen molar-refractivity contribution in [3.8, 4) is 5.75 Å². The van der Waals surface area contributed by atoms with E-state index in [2.05, 4.69) is 48.3 Å². The van der Waals surface area contributed by atoms with Gasteiger partial charge in [0.25, 0.3) is 0 Å². The SMILES string of the molecule is CC1(C)CN(C[C@@H](Cc2ccc(O)cc2)NCC2CCCC2)CCC1c1ccc(Cl)cc1. The third-order valence-electron chi connectivity index (χ3n) is 7.65. The van der Waals surface area contributed by atoms with Gasteiger partial charge in [-0.1, -0.05) is 62.6 Å². The predicted molar refractivity (Wildman–Crippen MR) is 135 cm³/mol. The highest BCUT2D eigenvalue weighted by Gasteiger charge is 2.37. The number of hydrogen-bond acceptors (Lipinski definition) is 3. The maximum Gasteiger partial charge on any atom is 0.115 e. The first kappa shape index (κ1) is 23.6. The third kappa shape index (κ3) is 6.27. The average Bonchev–Trinajstić information content (AvgIpc) is 3.28. The molecule has 32 heavy (non-hydrogen) atoms. The molecule has 2 atom stereocenters. The zero-order chi connectivity index (χ0) is 22.6. The Morgan fingerprint density at radius 2 is 1.72 bits per heavy atom. The molecule has 3 nitrogen and oxygen atoms in total. The van der Waals surface area contributed by atoms with E-state index in [1.807, 2.05) is 24.3 Å². The second-order valence-electron chi connectivity index (χ2n) is 10.7. The molecule has 1 aliphatic carbocycles. The molecule has 2 aliphatic rings. The Morgan fingerprint density at radius 1 is 1.03 bits per heavy atom. The number of nitrogens with zero attached hydrogens (tertiary/aromatic N) is 1. The largest absolute Gasteiger partial charge is 0.508 e. The molecule has 1 unspecified atom stereocenters. The van der Waals surface area contributed by atoms with E-state index in [0.717, 1.165) is 43.5 Å². The third-order valence-corrected chi connectivity index (χ3v) is 7.90. The maximum absolute atomic E-state index is 9.66. The predicted octanol–water partition coefficient (Wildman–Crippen LogP) is 6.25. The highest BCUT2D eigenvalue weighted by molar-refractivity contribution is 6.30. The van der Waals surface area contributed by atoms with Crippen molar-refractivity contribution >= 4 is 11.6 Å². The fourth-order valence-electron chi connectivity index (χ4n) is 5.91. The van der Waals surface area contributed by atoms with Gasteiger partial charge in [0.05, 0.1) is 0 Å². The molecule has 0 radical (unpaired) electrons. The molecule has 0 bridgehead atoms. The van der Waals surface area contributed by atoms with Gasteiger partial charge in [0.15, 0.2) is 0 Å². The molecule has 4 rings (SSSR count). The fraction of sp³-hybridized carbons (Fsp3) is 0.571. The van der Waals surface area contributed by atoms with Gasteiger partial charge < -0.3 is 15.3 Å². The minimum Gasteiger partial charge on any atom is -0.508 e. The van der Waals surface area contributed by atoms with E-state index in [0.29, 0.717) is 17.7 Å². The number of nitrogens with one attached hydrogen (secondary N) is 1. The number of rotatable bonds is 8. The molecule has 1 saturated carbocycles. The lowest BCUT2D eigenvalue weighted by atomic mass is 9.70. The van der Waals surface area contributed by atoms with Crippen LogP contribution in [0.3, 0.4) is 0 Å². The highest BCUT2D eigenvalue weighted by atomic mass is 35.5.